The van der Waals surface area contributed by atoms with Crippen molar-refractivity contribution in [3.05, 3.63) is 53.6 Å². The lowest BCUT2D eigenvalue weighted by atomic mass is 10.1. The molecule has 0 spiro atoms. The zero-order chi connectivity index (χ0) is 21.5. The maximum absolute atomic E-state index is 11.5. The number of carbonyl (C=O) groups excluding carboxylic acids is 1. The van der Waals surface area contributed by atoms with E-state index in [-0.39, 0.29) is 12.4 Å². The Morgan fingerprint density at radius 2 is 1.83 bits per heavy atom. The zero-order valence-electron chi connectivity index (χ0n) is 18.2. The SMILES string of the molecule is CCc1ccc(N2CC[NH+](C[C@@H](O)COc3ccc(C(C)=O)cc3OC)CC2)cc1. The molecule has 0 saturated carbocycles. The summed E-state index contributed by atoms with van der Waals surface area (Å²) in [7, 11) is 1.54. The number of nitrogens with one attached hydrogen (secondary N) is 1. The van der Waals surface area contributed by atoms with Crippen LogP contribution in [0.15, 0.2) is 42.5 Å². The molecule has 1 heterocycles. The van der Waals surface area contributed by atoms with E-state index >= 15 is 0 Å². The van der Waals surface area contributed by atoms with Crippen LogP contribution >= 0.6 is 0 Å². The number of Topliss-reactive ketones (excluding diaryl/α,β-unsaturated/α-hetero) is 1. The third-order valence-electron chi connectivity index (χ3n) is 5.71. The number of rotatable bonds is 9. The van der Waals surface area contributed by atoms with Crippen molar-refractivity contribution >= 4 is 11.5 Å². The normalized spacial score (nSPS) is 15.7. The van der Waals surface area contributed by atoms with Gasteiger partial charge in [-0.1, -0.05) is 19.1 Å². The van der Waals surface area contributed by atoms with Crippen LogP contribution in [-0.4, -0.2) is 63.4 Å². The number of piperazine rings is 1. The number of hydrogen-bond donors (Lipinski definition) is 2. The van der Waals surface area contributed by atoms with Crippen molar-refractivity contribution < 1.29 is 24.3 Å². The molecule has 2 aromatic rings. The first-order valence-corrected chi connectivity index (χ1v) is 10.7. The number of ether oxygens (including phenoxy) is 2. The van der Waals surface area contributed by atoms with Gasteiger partial charge in [0.2, 0.25) is 0 Å². The van der Waals surface area contributed by atoms with Gasteiger partial charge in [0.1, 0.15) is 19.3 Å². The molecule has 0 amide bonds. The van der Waals surface area contributed by atoms with Crippen molar-refractivity contribution in [3.8, 4) is 11.5 Å². The van der Waals surface area contributed by atoms with Crippen LogP contribution in [0.4, 0.5) is 5.69 Å². The minimum atomic E-state index is -0.562. The molecule has 2 N–H and O–H groups in total. The van der Waals surface area contributed by atoms with E-state index in [4.69, 9.17) is 9.47 Å². The van der Waals surface area contributed by atoms with Crippen molar-refractivity contribution in [2.75, 3.05) is 51.3 Å². The van der Waals surface area contributed by atoms with E-state index in [1.165, 1.54) is 23.1 Å². The quantitative estimate of drug-likeness (QED) is 0.612. The zero-order valence-corrected chi connectivity index (χ0v) is 18.2. The molecule has 0 aromatic heterocycles. The Bertz CT molecular complexity index is 830. The summed E-state index contributed by atoms with van der Waals surface area (Å²) in [5.74, 6) is 1.02. The van der Waals surface area contributed by atoms with Crippen LogP contribution in [0.25, 0.3) is 0 Å². The smallest absolute Gasteiger partial charge is 0.161 e. The van der Waals surface area contributed by atoms with Crippen molar-refractivity contribution in [2.24, 2.45) is 0 Å². The van der Waals surface area contributed by atoms with Gasteiger partial charge in [0.25, 0.3) is 0 Å². The standard InChI is InChI=1S/C24H32N2O4/c1-4-19-5-8-21(9-6-19)26-13-11-25(12-14-26)16-22(28)17-30-23-10-7-20(18(2)27)15-24(23)29-3/h5-10,15,22,28H,4,11-14,16-17H2,1-3H3/p+1/t22-/m1/s1. The number of carbonyl (C=O) groups is 1. The molecule has 1 fully saturated rings. The number of nitrogens with zero attached hydrogens (tertiary/aromatic N) is 1. The average Bonchev–Trinajstić information content (AvgIpc) is 2.78. The second-order valence-corrected chi connectivity index (χ2v) is 7.85. The Hall–Kier alpha value is -2.57. The number of quaternary nitrogens is 1. The Morgan fingerprint density at radius 3 is 2.43 bits per heavy atom. The second-order valence-electron chi connectivity index (χ2n) is 7.85. The fraction of sp³-hybridized carbons (Fsp3) is 0.458. The van der Waals surface area contributed by atoms with Gasteiger partial charge in [-0.15, -0.1) is 0 Å². The molecule has 162 valence electrons. The number of ketones is 1. The molecular weight excluding hydrogens is 380 g/mol. The van der Waals surface area contributed by atoms with Gasteiger partial charge < -0.3 is 24.4 Å². The highest BCUT2D eigenvalue weighted by molar-refractivity contribution is 5.94. The third-order valence-corrected chi connectivity index (χ3v) is 5.71. The first-order valence-electron chi connectivity index (χ1n) is 10.7. The van der Waals surface area contributed by atoms with Crippen LogP contribution < -0.4 is 19.3 Å². The topological polar surface area (TPSA) is 63.4 Å². The molecule has 1 saturated heterocycles. The van der Waals surface area contributed by atoms with Crippen molar-refractivity contribution in [3.63, 3.8) is 0 Å². The maximum atomic E-state index is 11.5. The Kier molecular flexibility index (Phi) is 7.71. The molecule has 0 bridgehead atoms. The van der Waals surface area contributed by atoms with Crippen LogP contribution in [0.5, 0.6) is 11.5 Å². The highest BCUT2D eigenvalue weighted by Crippen LogP contribution is 2.28. The number of aliphatic hydroxyl groups excluding tert-OH is 1. The third kappa shape index (κ3) is 5.74. The number of hydrogen-bond acceptors (Lipinski definition) is 5. The summed E-state index contributed by atoms with van der Waals surface area (Å²) in [5, 5.41) is 10.5. The fourth-order valence-corrected chi connectivity index (χ4v) is 3.81. The predicted octanol–water partition coefficient (Wildman–Crippen LogP) is 1.61. The molecule has 0 unspecified atom stereocenters. The van der Waals surface area contributed by atoms with Crippen LogP contribution in [0.3, 0.4) is 0 Å². The molecule has 3 rings (SSSR count). The van der Waals surface area contributed by atoms with Gasteiger partial charge in [0.05, 0.1) is 33.3 Å². The maximum Gasteiger partial charge on any atom is 0.161 e. The number of benzene rings is 2. The van der Waals surface area contributed by atoms with Crippen LogP contribution in [0, 0.1) is 0 Å². The fourth-order valence-electron chi connectivity index (χ4n) is 3.81. The van der Waals surface area contributed by atoms with Gasteiger partial charge >= 0.3 is 0 Å². The summed E-state index contributed by atoms with van der Waals surface area (Å²) < 4.78 is 11.1. The van der Waals surface area contributed by atoms with Gasteiger partial charge in [0.15, 0.2) is 17.3 Å². The van der Waals surface area contributed by atoms with Crippen LogP contribution in [0.2, 0.25) is 0 Å². The first kappa shape index (κ1) is 22.1. The largest absolute Gasteiger partial charge is 0.493 e. The van der Waals surface area contributed by atoms with Crippen molar-refractivity contribution in [2.45, 2.75) is 26.4 Å². The minimum absolute atomic E-state index is 0.0241. The van der Waals surface area contributed by atoms with E-state index in [1.807, 2.05) is 0 Å². The lowest BCUT2D eigenvalue weighted by molar-refractivity contribution is -0.903. The predicted molar refractivity (Wildman–Crippen MR) is 118 cm³/mol. The molecule has 1 atom stereocenters. The number of aliphatic hydroxyl groups is 1. The molecular formula is C24H33N2O4+. The summed E-state index contributed by atoms with van der Waals surface area (Å²) >= 11 is 0. The summed E-state index contributed by atoms with van der Waals surface area (Å²) in [5.41, 5.74) is 3.21. The van der Waals surface area contributed by atoms with E-state index in [1.54, 1.807) is 25.3 Å². The van der Waals surface area contributed by atoms with Gasteiger partial charge in [-0.05, 0) is 49.2 Å². The Balaban J connectivity index is 1.46. The van der Waals surface area contributed by atoms with Crippen molar-refractivity contribution in [1.82, 2.24) is 0 Å². The monoisotopic (exact) mass is 413 g/mol. The van der Waals surface area contributed by atoms with Crippen LogP contribution in [0.1, 0.15) is 29.8 Å². The highest BCUT2D eigenvalue weighted by Gasteiger charge is 2.23. The highest BCUT2D eigenvalue weighted by atomic mass is 16.5. The molecule has 6 nitrogen and oxygen atoms in total. The average molecular weight is 414 g/mol. The van der Waals surface area contributed by atoms with Gasteiger partial charge in [0, 0.05) is 11.3 Å². The summed E-state index contributed by atoms with van der Waals surface area (Å²) in [4.78, 5) is 15.3. The second kappa shape index (κ2) is 10.5. The van der Waals surface area contributed by atoms with E-state index < -0.39 is 6.10 Å². The number of anilines is 1. The number of methoxy groups -OCH3 is 1. The Morgan fingerprint density at radius 1 is 1.13 bits per heavy atom. The van der Waals surface area contributed by atoms with Gasteiger partial charge in [-0.2, -0.15) is 0 Å². The van der Waals surface area contributed by atoms with E-state index in [0.29, 0.717) is 23.6 Å². The van der Waals surface area contributed by atoms with E-state index in [9.17, 15) is 9.90 Å². The molecule has 6 heteroatoms. The summed E-state index contributed by atoms with van der Waals surface area (Å²) in [6.45, 7) is 8.47. The molecule has 1 aliphatic heterocycles. The number of aryl methyl sites for hydroxylation is 1. The molecule has 2 aromatic carbocycles. The van der Waals surface area contributed by atoms with E-state index in [0.717, 1.165) is 32.6 Å². The molecule has 1 aliphatic rings. The van der Waals surface area contributed by atoms with Crippen molar-refractivity contribution in [1.29, 1.82) is 0 Å². The lowest BCUT2D eigenvalue weighted by Gasteiger charge is -2.34. The van der Waals surface area contributed by atoms with Crippen LogP contribution in [-0.2, 0) is 6.42 Å². The van der Waals surface area contributed by atoms with Gasteiger partial charge in [-0.25, -0.2) is 0 Å². The lowest BCUT2D eigenvalue weighted by Crippen LogP contribution is -3.16. The van der Waals surface area contributed by atoms with Gasteiger partial charge in [-0.3, -0.25) is 4.79 Å². The summed E-state index contributed by atoms with van der Waals surface area (Å²) in [6, 6.07) is 13.9. The van der Waals surface area contributed by atoms with E-state index in [2.05, 4.69) is 36.1 Å². The molecule has 30 heavy (non-hydrogen) atoms. The molecule has 0 aliphatic carbocycles. The Labute approximate surface area is 179 Å². The minimum Gasteiger partial charge on any atom is -0.493 e. The molecule has 0 radical (unpaired) electrons. The summed E-state index contributed by atoms with van der Waals surface area (Å²) in [6.07, 6.45) is 0.498. The first-order chi connectivity index (χ1) is 14.5.